The minimum atomic E-state index is -0.308. The van der Waals surface area contributed by atoms with Gasteiger partial charge in [-0.3, -0.25) is 4.79 Å². The van der Waals surface area contributed by atoms with Gasteiger partial charge in [0, 0.05) is 12.3 Å². The summed E-state index contributed by atoms with van der Waals surface area (Å²) in [5.74, 6) is 1.50. The van der Waals surface area contributed by atoms with Crippen molar-refractivity contribution in [3.05, 3.63) is 72.1 Å². The summed E-state index contributed by atoms with van der Waals surface area (Å²) in [6.07, 6.45) is 1.53. The molecule has 3 aromatic rings. The van der Waals surface area contributed by atoms with Crippen LogP contribution in [0.1, 0.15) is 16.1 Å². The van der Waals surface area contributed by atoms with Crippen molar-refractivity contribution in [1.29, 1.82) is 0 Å². The van der Waals surface area contributed by atoms with Crippen molar-refractivity contribution in [2.45, 2.75) is 6.54 Å². The highest BCUT2D eigenvalue weighted by atomic mass is 16.6. The minimum absolute atomic E-state index is 0.192. The van der Waals surface area contributed by atoms with Crippen LogP contribution in [0.3, 0.4) is 0 Å². The fourth-order valence-corrected chi connectivity index (χ4v) is 1.98. The minimum Gasteiger partial charge on any atom is -0.429 e. The summed E-state index contributed by atoms with van der Waals surface area (Å²) < 4.78 is 11.1. The predicted octanol–water partition coefficient (Wildman–Crippen LogP) is 2.98. The summed E-state index contributed by atoms with van der Waals surface area (Å²) >= 11 is 0. The Bertz CT molecular complexity index is 800. The van der Waals surface area contributed by atoms with Crippen LogP contribution < -0.4 is 15.8 Å². The van der Waals surface area contributed by atoms with Gasteiger partial charge >= 0.3 is 0 Å². The molecule has 0 saturated carbocycles. The number of furan rings is 1. The number of nitrogens with two attached hydrogens (primary N) is 1. The molecule has 0 bridgehead atoms. The Morgan fingerprint density at radius 3 is 2.74 bits per heavy atom. The van der Waals surface area contributed by atoms with Gasteiger partial charge in [-0.1, -0.05) is 18.2 Å². The van der Waals surface area contributed by atoms with E-state index in [9.17, 15) is 4.79 Å². The molecule has 3 N–H and O–H groups in total. The molecule has 0 unspecified atom stereocenters. The zero-order chi connectivity index (χ0) is 16.1. The lowest BCUT2D eigenvalue weighted by atomic mass is 10.2. The van der Waals surface area contributed by atoms with E-state index in [2.05, 4.69) is 10.3 Å². The van der Waals surface area contributed by atoms with E-state index in [0.717, 1.165) is 0 Å². The van der Waals surface area contributed by atoms with Crippen molar-refractivity contribution in [2.24, 2.45) is 0 Å². The molecule has 0 spiro atoms. The fourth-order valence-electron chi connectivity index (χ4n) is 1.98. The van der Waals surface area contributed by atoms with Gasteiger partial charge < -0.3 is 20.2 Å². The molecule has 3 rings (SSSR count). The fraction of sp³-hybridized carbons (Fsp3) is 0.0588. The standard InChI is InChI=1S/C17H15N3O3/c18-16-14(7-4-10-19-16)17(21)20-11-13-8-9-15(23-13)22-12-5-2-1-3-6-12/h1-10H,11H2,(H2,18,19)(H,20,21). The molecular weight excluding hydrogens is 294 g/mol. The molecule has 1 amide bonds. The number of carbonyl (C=O) groups is 1. The molecule has 6 heteroatoms. The van der Waals surface area contributed by atoms with Crippen LogP contribution in [0.15, 0.2) is 65.2 Å². The molecule has 2 aromatic heterocycles. The van der Waals surface area contributed by atoms with Crippen molar-refractivity contribution in [2.75, 3.05) is 5.73 Å². The van der Waals surface area contributed by atoms with Crippen molar-refractivity contribution >= 4 is 11.7 Å². The van der Waals surface area contributed by atoms with E-state index in [1.165, 1.54) is 6.20 Å². The number of nitrogens with one attached hydrogen (secondary N) is 1. The van der Waals surface area contributed by atoms with Gasteiger partial charge in [-0.15, -0.1) is 0 Å². The Morgan fingerprint density at radius 1 is 1.13 bits per heavy atom. The van der Waals surface area contributed by atoms with Crippen LogP contribution in [-0.2, 0) is 6.54 Å². The predicted molar refractivity (Wildman–Crippen MR) is 85.0 cm³/mol. The van der Waals surface area contributed by atoms with E-state index in [4.69, 9.17) is 14.9 Å². The topological polar surface area (TPSA) is 90.4 Å². The van der Waals surface area contributed by atoms with Crippen LogP contribution in [0.25, 0.3) is 0 Å². The molecule has 116 valence electrons. The number of amides is 1. The second kappa shape index (κ2) is 6.65. The number of nitrogens with zero attached hydrogens (tertiary/aromatic N) is 1. The Hall–Kier alpha value is -3.28. The second-order valence-electron chi connectivity index (χ2n) is 4.75. The van der Waals surface area contributed by atoms with Crippen LogP contribution in [0.5, 0.6) is 11.7 Å². The molecule has 2 heterocycles. The van der Waals surface area contributed by atoms with Crippen LogP contribution in [0, 0.1) is 0 Å². The van der Waals surface area contributed by atoms with Crippen LogP contribution >= 0.6 is 0 Å². The highest BCUT2D eigenvalue weighted by molar-refractivity contribution is 5.98. The second-order valence-corrected chi connectivity index (χ2v) is 4.75. The molecule has 0 aliphatic carbocycles. The van der Waals surface area contributed by atoms with Crippen molar-refractivity contribution < 1.29 is 13.9 Å². The first-order valence-electron chi connectivity index (χ1n) is 7.02. The Morgan fingerprint density at radius 2 is 1.96 bits per heavy atom. The van der Waals surface area contributed by atoms with Crippen LogP contribution in [0.4, 0.5) is 5.82 Å². The first-order valence-corrected chi connectivity index (χ1v) is 7.02. The normalized spacial score (nSPS) is 10.3. The molecule has 0 aliphatic rings. The Kier molecular flexibility index (Phi) is 4.24. The van der Waals surface area contributed by atoms with Crippen LogP contribution in [0.2, 0.25) is 0 Å². The van der Waals surface area contributed by atoms with Gasteiger partial charge in [0.05, 0.1) is 12.1 Å². The molecule has 6 nitrogen and oxygen atoms in total. The molecule has 0 radical (unpaired) electrons. The lowest BCUT2D eigenvalue weighted by molar-refractivity contribution is 0.0948. The third kappa shape index (κ3) is 3.68. The number of para-hydroxylation sites is 1. The first-order chi connectivity index (χ1) is 11.2. The number of hydrogen-bond donors (Lipinski definition) is 2. The molecule has 0 atom stereocenters. The number of nitrogen functional groups attached to an aromatic ring is 1. The maximum absolute atomic E-state index is 12.0. The number of hydrogen-bond acceptors (Lipinski definition) is 5. The Labute approximate surface area is 132 Å². The van der Waals surface area contributed by atoms with E-state index in [1.807, 2.05) is 30.3 Å². The smallest absolute Gasteiger partial charge is 0.290 e. The molecule has 1 aromatic carbocycles. The lowest BCUT2D eigenvalue weighted by Gasteiger charge is -2.05. The van der Waals surface area contributed by atoms with Gasteiger partial charge in [-0.25, -0.2) is 4.98 Å². The van der Waals surface area contributed by atoms with Crippen molar-refractivity contribution in [1.82, 2.24) is 10.3 Å². The monoisotopic (exact) mass is 309 g/mol. The van der Waals surface area contributed by atoms with E-state index in [-0.39, 0.29) is 18.3 Å². The van der Waals surface area contributed by atoms with Gasteiger partial charge in [0.25, 0.3) is 11.9 Å². The SMILES string of the molecule is Nc1ncccc1C(=O)NCc1ccc(Oc2ccccc2)o1. The van der Waals surface area contributed by atoms with E-state index < -0.39 is 0 Å². The molecule has 23 heavy (non-hydrogen) atoms. The maximum Gasteiger partial charge on any atom is 0.290 e. The largest absolute Gasteiger partial charge is 0.429 e. The molecule has 0 saturated heterocycles. The van der Waals surface area contributed by atoms with E-state index in [0.29, 0.717) is 23.0 Å². The third-order valence-corrected chi connectivity index (χ3v) is 3.10. The van der Waals surface area contributed by atoms with Gasteiger partial charge in [-0.05, 0) is 30.3 Å². The first kappa shape index (κ1) is 14.6. The average Bonchev–Trinajstić information content (AvgIpc) is 3.01. The number of benzene rings is 1. The summed E-state index contributed by atoms with van der Waals surface area (Å²) in [6.45, 7) is 0.227. The summed E-state index contributed by atoms with van der Waals surface area (Å²) in [6, 6.07) is 16.0. The molecule has 0 fully saturated rings. The number of carbonyl (C=O) groups excluding carboxylic acids is 1. The molecule has 0 aliphatic heterocycles. The Balaban J connectivity index is 1.59. The van der Waals surface area contributed by atoms with E-state index >= 15 is 0 Å². The van der Waals surface area contributed by atoms with Gasteiger partial charge in [0.15, 0.2) is 0 Å². The number of aromatic nitrogens is 1. The summed E-state index contributed by atoms with van der Waals surface area (Å²) in [4.78, 5) is 15.9. The van der Waals surface area contributed by atoms with E-state index in [1.54, 1.807) is 24.3 Å². The average molecular weight is 309 g/mol. The maximum atomic E-state index is 12.0. The summed E-state index contributed by atoms with van der Waals surface area (Å²) in [5, 5.41) is 2.73. The zero-order valence-electron chi connectivity index (χ0n) is 12.2. The highest BCUT2D eigenvalue weighted by Crippen LogP contribution is 2.23. The third-order valence-electron chi connectivity index (χ3n) is 3.10. The number of rotatable bonds is 5. The summed E-state index contributed by atoms with van der Waals surface area (Å²) in [5.41, 5.74) is 6.00. The number of pyridine rings is 1. The zero-order valence-corrected chi connectivity index (χ0v) is 12.2. The van der Waals surface area contributed by atoms with Gasteiger partial charge in [-0.2, -0.15) is 0 Å². The molecular formula is C17H15N3O3. The quantitative estimate of drug-likeness (QED) is 0.756. The highest BCUT2D eigenvalue weighted by Gasteiger charge is 2.11. The van der Waals surface area contributed by atoms with Gasteiger partial charge in [0.1, 0.15) is 17.3 Å². The number of anilines is 1. The number of ether oxygens (including phenoxy) is 1. The van der Waals surface area contributed by atoms with Gasteiger partial charge in [0.2, 0.25) is 0 Å². The summed E-state index contributed by atoms with van der Waals surface area (Å²) in [7, 11) is 0. The van der Waals surface area contributed by atoms with Crippen molar-refractivity contribution in [3.8, 4) is 11.7 Å². The van der Waals surface area contributed by atoms with Crippen molar-refractivity contribution in [3.63, 3.8) is 0 Å². The van der Waals surface area contributed by atoms with Crippen LogP contribution in [-0.4, -0.2) is 10.9 Å². The lowest BCUT2D eigenvalue weighted by Crippen LogP contribution is -2.23.